The highest BCUT2D eigenvalue weighted by Crippen LogP contribution is 2.29. The highest BCUT2D eigenvalue weighted by molar-refractivity contribution is 9.10. The quantitative estimate of drug-likeness (QED) is 0.776. The maximum atomic E-state index is 6.21. The number of rotatable bonds is 6. The van der Waals surface area contributed by atoms with Crippen molar-refractivity contribution in [1.29, 1.82) is 0 Å². The van der Waals surface area contributed by atoms with Crippen LogP contribution in [0.1, 0.15) is 23.4 Å². The standard InChI is InChI=1S/C16H20BrClN2S/c1-11(8-13-4-3-7-21-13)20(2)16(10-19)12-5-6-14(17)15(18)9-12/h3-7,9,11,16H,8,10,19H2,1-2H3. The molecule has 0 spiro atoms. The van der Waals surface area contributed by atoms with Crippen molar-refractivity contribution in [2.45, 2.75) is 25.4 Å². The minimum Gasteiger partial charge on any atom is -0.329 e. The molecule has 2 nitrogen and oxygen atoms in total. The number of hydrogen-bond donors (Lipinski definition) is 1. The summed E-state index contributed by atoms with van der Waals surface area (Å²) in [7, 11) is 2.13. The van der Waals surface area contributed by atoms with Crippen molar-refractivity contribution >= 4 is 38.9 Å². The zero-order valence-electron chi connectivity index (χ0n) is 12.2. The van der Waals surface area contributed by atoms with Crippen LogP contribution in [0.4, 0.5) is 0 Å². The van der Waals surface area contributed by atoms with E-state index in [1.165, 1.54) is 4.88 Å². The van der Waals surface area contributed by atoms with E-state index in [1.807, 2.05) is 12.1 Å². The SMILES string of the molecule is CC(Cc1cccs1)N(C)C(CN)c1ccc(Br)c(Cl)c1. The Balaban J connectivity index is 2.13. The molecule has 2 N–H and O–H groups in total. The number of hydrogen-bond acceptors (Lipinski definition) is 3. The molecule has 114 valence electrons. The van der Waals surface area contributed by atoms with E-state index in [2.05, 4.69) is 58.4 Å². The second-order valence-electron chi connectivity index (χ2n) is 5.22. The van der Waals surface area contributed by atoms with Crippen LogP contribution in [0.3, 0.4) is 0 Å². The number of halogens is 2. The van der Waals surface area contributed by atoms with Gasteiger partial charge in [0.1, 0.15) is 0 Å². The van der Waals surface area contributed by atoms with E-state index in [4.69, 9.17) is 17.3 Å². The zero-order valence-corrected chi connectivity index (χ0v) is 15.4. The van der Waals surface area contributed by atoms with Crippen LogP contribution in [0.5, 0.6) is 0 Å². The molecule has 0 aliphatic rings. The summed E-state index contributed by atoms with van der Waals surface area (Å²) in [6.45, 7) is 2.81. The molecule has 0 amide bonds. The number of likely N-dealkylation sites (N-methyl/N-ethyl adjacent to an activating group) is 1. The van der Waals surface area contributed by atoms with Gasteiger partial charge in [-0.1, -0.05) is 23.7 Å². The van der Waals surface area contributed by atoms with Gasteiger partial charge < -0.3 is 5.73 Å². The Labute approximate surface area is 144 Å². The van der Waals surface area contributed by atoms with Gasteiger partial charge in [-0.05, 0) is 65.5 Å². The number of nitrogens with two attached hydrogens (primary N) is 1. The topological polar surface area (TPSA) is 29.3 Å². The molecular formula is C16H20BrClN2S. The fraction of sp³-hybridized carbons (Fsp3) is 0.375. The molecule has 0 radical (unpaired) electrons. The molecular weight excluding hydrogens is 368 g/mol. The van der Waals surface area contributed by atoms with Crippen molar-refractivity contribution in [3.05, 3.63) is 55.6 Å². The Morgan fingerprint density at radius 2 is 2.14 bits per heavy atom. The van der Waals surface area contributed by atoms with E-state index in [9.17, 15) is 0 Å². The smallest absolute Gasteiger partial charge is 0.0551 e. The Hall–Kier alpha value is -0.390. The van der Waals surface area contributed by atoms with Gasteiger partial charge in [-0.25, -0.2) is 0 Å². The molecule has 21 heavy (non-hydrogen) atoms. The lowest BCUT2D eigenvalue weighted by molar-refractivity contribution is 0.188. The monoisotopic (exact) mass is 386 g/mol. The molecule has 0 fully saturated rings. The van der Waals surface area contributed by atoms with Crippen molar-refractivity contribution in [2.24, 2.45) is 5.73 Å². The van der Waals surface area contributed by atoms with Gasteiger partial charge in [-0.15, -0.1) is 11.3 Å². The van der Waals surface area contributed by atoms with Gasteiger partial charge in [0.15, 0.2) is 0 Å². The second-order valence-corrected chi connectivity index (χ2v) is 7.52. The van der Waals surface area contributed by atoms with Gasteiger partial charge in [0.05, 0.1) is 5.02 Å². The van der Waals surface area contributed by atoms with Crippen LogP contribution < -0.4 is 5.73 Å². The average Bonchev–Trinajstić information content (AvgIpc) is 2.96. The summed E-state index contributed by atoms with van der Waals surface area (Å²) in [5.74, 6) is 0. The van der Waals surface area contributed by atoms with E-state index < -0.39 is 0 Å². The van der Waals surface area contributed by atoms with Gasteiger partial charge in [0.25, 0.3) is 0 Å². The molecule has 1 aromatic carbocycles. The lowest BCUT2D eigenvalue weighted by Crippen LogP contribution is -2.38. The average molecular weight is 388 g/mol. The van der Waals surface area contributed by atoms with E-state index in [0.29, 0.717) is 12.6 Å². The van der Waals surface area contributed by atoms with E-state index >= 15 is 0 Å². The first-order valence-electron chi connectivity index (χ1n) is 6.92. The third-order valence-corrected chi connectivity index (χ3v) is 5.95. The molecule has 0 aliphatic heterocycles. The molecule has 1 heterocycles. The van der Waals surface area contributed by atoms with Gasteiger partial charge in [-0.2, -0.15) is 0 Å². The highest BCUT2D eigenvalue weighted by atomic mass is 79.9. The van der Waals surface area contributed by atoms with Crippen LogP contribution in [0.25, 0.3) is 0 Å². The normalized spacial score (nSPS) is 14.4. The number of thiophene rings is 1. The molecule has 2 rings (SSSR count). The maximum Gasteiger partial charge on any atom is 0.0551 e. The molecule has 0 bridgehead atoms. The Bertz CT molecular complexity index is 574. The van der Waals surface area contributed by atoms with Crippen LogP contribution in [0.15, 0.2) is 40.2 Å². The summed E-state index contributed by atoms with van der Waals surface area (Å²) >= 11 is 11.4. The predicted octanol–water partition coefficient (Wildman–Crippen LogP) is 4.73. The maximum absolute atomic E-state index is 6.21. The van der Waals surface area contributed by atoms with Gasteiger partial charge in [0, 0.05) is 28.0 Å². The highest BCUT2D eigenvalue weighted by Gasteiger charge is 2.21. The molecule has 1 aromatic heterocycles. The third-order valence-electron chi connectivity index (χ3n) is 3.82. The summed E-state index contributed by atoms with van der Waals surface area (Å²) in [5, 5.41) is 2.85. The van der Waals surface area contributed by atoms with Gasteiger partial charge in [0.2, 0.25) is 0 Å². The first kappa shape index (κ1) is 17.0. The van der Waals surface area contributed by atoms with E-state index in [1.54, 1.807) is 11.3 Å². The summed E-state index contributed by atoms with van der Waals surface area (Å²) in [4.78, 5) is 3.73. The van der Waals surface area contributed by atoms with E-state index in [-0.39, 0.29) is 6.04 Å². The summed E-state index contributed by atoms with van der Waals surface area (Å²) in [5.41, 5.74) is 7.17. The summed E-state index contributed by atoms with van der Waals surface area (Å²) in [6, 6.07) is 10.9. The summed E-state index contributed by atoms with van der Waals surface area (Å²) < 4.78 is 0.915. The largest absolute Gasteiger partial charge is 0.329 e. The molecule has 0 saturated carbocycles. The molecule has 2 atom stereocenters. The Kier molecular flexibility index (Phi) is 6.26. The first-order chi connectivity index (χ1) is 10.0. The second kappa shape index (κ2) is 7.75. The van der Waals surface area contributed by atoms with Gasteiger partial charge in [-0.3, -0.25) is 4.90 Å². The molecule has 2 aromatic rings. The Morgan fingerprint density at radius 1 is 1.38 bits per heavy atom. The molecule has 0 aliphatic carbocycles. The zero-order chi connectivity index (χ0) is 15.4. The van der Waals surface area contributed by atoms with Crippen LogP contribution in [0, 0.1) is 0 Å². The van der Waals surface area contributed by atoms with Crippen molar-refractivity contribution in [3.63, 3.8) is 0 Å². The van der Waals surface area contributed by atoms with E-state index in [0.717, 1.165) is 21.5 Å². The van der Waals surface area contributed by atoms with Crippen molar-refractivity contribution < 1.29 is 0 Å². The van der Waals surface area contributed by atoms with Crippen LogP contribution in [-0.2, 0) is 6.42 Å². The minimum atomic E-state index is 0.172. The molecule has 5 heteroatoms. The van der Waals surface area contributed by atoms with Crippen molar-refractivity contribution in [3.8, 4) is 0 Å². The predicted molar refractivity (Wildman–Crippen MR) is 96.2 cm³/mol. The van der Waals surface area contributed by atoms with Crippen LogP contribution in [0.2, 0.25) is 5.02 Å². The first-order valence-corrected chi connectivity index (χ1v) is 8.97. The van der Waals surface area contributed by atoms with Crippen LogP contribution in [-0.4, -0.2) is 24.5 Å². The fourth-order valence-corrected chi connectivity index (χ4v) is 3.69. The summed E-state index contributed by atoms with van der Waals surface area (Å²) in [6.07, 6.45) is 1.04. The van der Waals surface area contributed by atoms with Crippen molar-refractivity contribution in [1.82, 2.24) is 4.90 Å². The van der Waals surface area contributed by atoms with Crippen molar-refractivity contribution in [2.75, 3.05) is 13.6 Å². The Morgan fingerprint density at radius 3 is 2.71 bits per heavy atom. The number of nitrogens with zero attached hydrogens (tertiary/aromatic N) is 1. The third kappa shape index (κ3) is 4.30. The fourth-order valence-electron chi connectivity index (χ4n) is 2.43. The molecule has 2 unspecified atom stereocenters. The van der Waals surface area contributed by atoms with Gasteiger partial charge >= 0.3 is 0 Å². The number of benzene rings is 1. The minimum absolute atomic E-state index is 0.172. The molecule has 0 saturated heterocycles. The lowest BCUT2D eigenvalue weighted by atomic mass is 10.0. The van der Waals surface area contributed by atoms with Crippen LogP contribution >= 0.6 is 38.9 Å². The lowest BCUT2D eigenvalue weighted by Gasteiger charge is -2.33.